The smallest absolute Gasteiger partial charge is 0.157 e. The molecule has 5 nitrogen and oxygen atoms in total. The van der Waals surface area contributed by atoms with Gasteiger partial charge in [-0.1, -0.05) is 25.0 Å². The summed E-state index contributed by atoms with van der Waals surface area (Å²) >= 11 is 0. The summed E-state index contributed by atoms with van der Waals surface area (Å²) in [4.78, 5) is 4.77. The van der Waals surface area contributed by atoms with Crippen molar-refractivity contribution in [3.05, 3.63) is 41.0 Å². The molecular formula is C21H23ClN4O. The molecule has 2 aromatic heterocycles. The molecule has 0 spiro atoms. The number of nitrogens with zero attached hydrogens (tertiary/aromatic N) is 3. The minimum absolute atomic E-state index is 0. The first-order valence-electron chi connectivity index (χ1n) is 9.57. The van der Waals surface area contributed by atoms with Gasteiger partial charge in [0.15, 0.2) is 5.65 Å². The maximum atomic E-state index is 10.5. The Labute approximate surface area is 164 Å². The van der Waals surface area contributed by atoms with E-state index in [1.54, 1.807) is 0 Å². The van der Waals surface area contributed by atoms with Gasteiger partial charge in [-0.3, -0.25) is 4.40 Å². The van der Waals surface area contributed by atoms with E-state index in [0.717, 1.165) is 73.0 Å². The van der Waals surface area contributed by atoms with E-state index in [1.807, 2.05) is 18.2 Å². The summed E-state index contributed by atoms with van der Waals surface area (Å²) < 4.78 is 2.11. The first kappa shape index (κ1) is 18.1. The fourth-order valence-corrected chi connectivity index (χ4v) is 4.70. The molecule has 0 bridgehead atoms. The molecule has 2 aliphatic rings. The molecule has 0 unspecified atom stereocenters. The Kier molecular flexibility index (Phi) is 4.71. The maximum absolute atomic E-state index is 10.5. The molecular weight excluding hydrogens is 360 g/mol. The molecule has 27 heavy (non-hydrogen) atoms. The Morgan fingerprint density at radius 2 is 1.89 bits per heavy atom. The molecule has 0 aliphatic heterocycles. The molecule has 1 saturated carbocycles. The van der Waals surface area contributed by atoms with Gasteiger partial charge in [0.05, 0.1) is 28.7 Å². The lowest BCUT2D eigenvalue weighted by atomic mass is 9.92. The van der Waals surface area contributed by atoms with Crippen LogP contribution in [0.1, 0.15) is 48.8 Å². The van der Waals surface area contributed by atoms with Crippen LogP contribution in [-0.4, -0.2) is 26.6 Å². The number of para-hydroxylation sites is 2. The second kappa shape index (κ2) is 7.03. The van der Waals surface area contributed by atoms with E-state index in [4.69, 9.17) is 4.98 Å². The van der Waals surface area contributed by atoms with Gasteiger partial charge in [0, 0.05) is 0 Å². The molecule has 2 heterocycles. The van der Waals surface area contributed by atoms with Crippen LogP contribution in [0.15, 0.2) is 24.3 Å². The summed E-state index contributed by atoms with van der Waals surface area (Å²) in [6.45, 7) is 0. The number of anilines is 1. The highest BCUT2D eigenvalue weighted by molar-refractivity contribution is 5.86. The van der Waals surface area contributed by atoms with Gasteiger partial charge < -0.3 is 10.4 Å². The lowest BCUT2D eigenvalue weighted by molar-refractivity contribution is 0.116. The molecule has 140 valence electrons. The van der Waals surface area contributed by atoms with Crippen molar-refractivity contribution in [1.29, 1.82) is 5.26 Å². The highest BCUT2D eigenvalue weighted by Crippen LogP contribution is 2.37. The standard InChI is InChI=1S/C21H22N4O.ClH/c22-12-15-13-6-5-7-14(13)20(24-17-9-2-4-11-19(17)26)25-18-10-3-1-8-16(18)23-21(15)25;/h1,3,8,10,17,19,24,26H,2,4-7,9,11H2;1H/t17-,19+;/m1./s1. The van der Waals surface area contributed by atoms with Crippen molar-refractivity contribution in [3.8, 4) is 6.07 Å². The molecule has 2 atom stereocenters. The third kappa shape index (κ3) is 2.75. The first-order valence-corrected chi connectivity index (χ1v) is 9.57. The predicted octanol–water partition coefficient (Wildman–Crippen LogP) is 3.99. The molecule has 6 heteroatoms. The quantitative estimate of drug-likeness (QED) is 0.703. The molecule has 2 aliphatic carbocycles. The van der Waals surface area contributed by atoms with Crippen molar-refractivity contribution in [2.24, 2.45) is 0 Å². The molecule has 5 rings (SSSR count). The fourth-order valence-electron chi connectivity index (χ4n) is 4.70. The zero-order chi connectivity index (χ0) is 17.7. The molecule has 0 amide bonds. The van der Waals surface area contributed by atoms with E-state index in [9.17, 15) is 10.4 Å². The van der Waals surface area contributed by atoms with Gasteiger partial charge in [-0.15, -0.1) is 12.4 Å². The van der Waals surface area contributed by atoms with Gasteiger partial charge in [-0.2, -0.15) is 5.26 Å². The van der Waals surface area contributed by atoms with Gasteiger partial charge in [-0.25, -0.2) is 4.98 Å². The zero-order valence-electron chi connectivity index (χ0n) is 15.1. The number of nitrogens with one attached hydrogen (secondary N) is 1. The van der Waals surface area contributed by atoms with Gasteiger partial charge >= 0.3 is 0 Å². The van der Waals surface area contributed by atoms with Crippen molar-refractivity contribution >= 4 is 34.9 Å². The minimum atomic E-state index is -0.318. The van der Waals surface area contributed by atoms with Crippen LogP contribution in [-0.2, 0) is 12.8 Å². The number of aliphatic hydroxyl groups is 1. The van der Waals surface area contributed by atoms with E-state index in [0.29, 0.717) is 5.56 Å². The van der Waals surface area contributed by atoms with Gasteiger partial charge in [0.25, 0.3) is 0 Å². The van der Waals surface area contributed by atoms with Crippen LogP contribution in [0.3, 0.4) is 0 Å². The van der Waals surface area contributed by atoms with E-state index in [-0.39, 0.29) is 24.6 Å². The van der Waals surface area contributed by atoms with Gasteiger partial charge in [0.1, 0.15) is 11.9 Å². The molecule has 0 radical (unpaired) electrons. The number of nitriles is 1. The fraction of sp³-hybridized carbons (Fsp3) is 0.429. The maximum Gasteiger partial charge on any atom is 0.157 e. The van der Waals surface area contributed by atoms with Crippen LogP contribution in [0.5, 0.6) is 0 Å². The Morgan fingerprint density at radius 1 is 1.11 bits per heavy atom. The average Bonchev–Trinajstić information content (AvgIpc) is 3.28. The largest absolute Gasteiger partial charge is 0.391 e. The molecule has 2 N–H and O–H groups in total. The topological polar surface area (TPSA) is 73.3 Å². The van der Waals surface area contributed by atoms with Crippen LogP contribution >= 0.6 is 12.4 Å². The normalized spacial score (nSPS) is 21.6. The van der Waals surface area contributed by atoms with Crippen molar-refractivity contribution in [2.75, 3.05) is 5.32 Å². The summed E-state index contributed by atoms with van der Waals surface area (Å²) in [5.74, 6) is 1.03. The van der Waals surface area contributed by atoms with Crippen molar-refractivity contribution in [2.45, 2.75) is 57.1 Å². The van der Waals surface area contributed by atoms with Gasteiger partial charge in [-0.05, 0) is 55.4 Å². The SMILES string of the molecule is Cl.N#Cc1c2c(c(N[C@@H]3CCCC[C@@H]3O)n3c1nc1ccccc13)CCC2. The van der Waals surface area contributed by atoms with Gasteiger partial charge in [0.2, 0.25) is 0 Å². The summed E-state index contributed by atoms with van der Waals surface area (Å²) in [5, 5.41) is 24.0. The Balaban J connectivity index is 0.00000180. The Hall–Kier alpha value is -2.29. The Bertz CT molecular complexity index is 1050. The Morgan fingerprint density at radius 3 is 2.70 bits per heavy atom. The van der Waals surface area contributed by atoms with Crippen LogP contribution in [0.4, 0.5) is 5.82 Å². The predicted molar refractivity (Wildman–Crippen MR) is 109 cm³/mol. The molecule has 1 fully saturated rings. The van der Waals surface area contributed by atoms with Crippen LogP contribution in [0.2, 0.25) is 0 Å². The average molecular weight is 383 g/mol. The van der Waals surface area contributed by atoms with Crippen molar-refractivity contribution in [1.82, 2.24) is 9.38 Å². The number of aromatic nitrogens is 2. The highest BCUT2D eigenvalue weighted by atomic mass is 35.5. The number of halogens is 1. The second-order valence-corrected chi connectivity index (χ2v) is 7.51. The van der Waals surface area contributed by atoms with Crippen molar-refractivity contribution in [3.63, 3.8) is 0 Å². The third-order valence-electron chi connectivity index (χ3n) is 5.98. The monoisotopic (exact) mass is 382 g/mol. The number of pyridine rings is 1. The summed E-state index contributed by atoms with van der Waals surface area (Å²) in [5.41, 5.74) is 5.74. The summed E-state index contributed by atoms with van der Waals surface area (Å²) in [6.07, 6.45) is 6.71. The second-order valence-electron chi connectivity index (χ2n) is 7.51. The molecule has 3 aromatic rings. The van der Waals surface area contributed by atoms with Crippen LogP contribution < -0.4 is 5.32 Å². The minimum Gasteiger partial charge on any atom is -0.391 e. The first-order chi connectivity index (χ1) is 12.8. The van der Waals surface area contributed by atoms with E-state index >= 15 is 0 Å². The highest BCUT2D eigenvalue weighted by Gasteiger charge is 2.29. The third-order valence-corrected chi connectivity index (χ3v) is 5.98. The number of hydrogen-bond acceptors (Lipinski definition) is 4. The number of benzene rings is 1. The number of imidazole rings is 1. The molecule has 0 saturated heterocycles. The molecule has 1 aromatic carbocycles. The van der Waals surface area contributed by atoms with Crippen molar-refractivity contribution < 1.29 is 5.11 Å². The lowest BCUT2D eigenvalue weighted by Crippen LogP contribution is -2.37. The van der Waals surface area contributed by atoms with Crippen LogP contribution in [0.25, 0.3) is 16.7 Å². The summed E-state index contributed by atoms with van der Waals surface area (Å²) in [6, 6.07) is 10.5. The number of hydrogen-bond donors (Lipinski definition) is 2. The zero-order valence-corrected chi connectivity index (χ0v) is 15.9. The van der Waals surface area contributed by atoms with E-state index in [1.165, 1.54) is 5.56 Å². The lowest BCUT2D eigenvalue weighted by Gasteiger charge is -2.30. The number of aliphatic hydroxyl groups excluding tert-OH is 1. The van der Waals surface area contributed by atoms with E-state index < -0.39 is 0 Å². The number of rotatable bonds is 2. The van der Waals surface area contributed by atoms with E-state index in [2.05, 4.69) is 21.9 Å². The van der Waals surface area contributed by atoms with Crippen LogP contribution in [0, 0.1) is 11.3 Å². The summed E-state index contributed by atoms with van der Waals surface area (Å²) in [7, 11) is 0. The number of fused-ring (bicyclic) bond motifs is 4.